The van der Waals surface area contributed by atoms with Gasteiger partial charge in [-0.3, -0.25) is 9.59 Å². The lowest BCUT2D eigenvalue weighted by atomic mass is 9.66. The van der Waals surface area contributed by atoms with Crippen LogP contribution in [0.4, 0.5) is 0 Å². The molecule has 0 amide bonds. The summed E-state index contributed by atoms with van der Waals surface area (Å²) in [5.41, 5.74) is 2.96. The monoisotopic (exact) mass is 397 g/mol. The predicted octanol–water partition coefficient (Wildman–Crippen LogP) is 2.68. The number of hydrogen-bond donors (Lipinski definition) is 1. The van der Waals surface area contributed by atoms with Gasteiger partial charge in [-0.1, -0.05) is 20.4 Å². The summed E-state index contributed by atoms with van der Waals surface area (Å²) in [4.78, 5) is 29.3. The van der Waals surface area contributed by atoms with Crippen LogP contribution in [0.2, 0.25) is 0 Å². The maximum Gasteiger partial charge on any atom is 0.315 e. The first kappa shape index (κ1) is 19.8. The van der Waals surface area contributed by atoms with E-state index in [2.05, 4.69) is 30.7 Å². The summed E-state index contributed by atoms with van der Waals surface area (Å²) < 4.78 is 11.2. The van der Waals surface area contributed by atoms with E-state index in [-0.39, 0.29) is 29.9 Å². The second-order valence-corrected chi connectivity index (χ2v) is 9.04. The smallest absolute Gasteiger partial charge is 0.315 e. The van der Waals surface area contributed by atoms with Crippen LogP contribution in [-0.2, 0) is 19.1 Å². The summed E-state index contributed by atoms with van der Waals surface area (Å²) in [6, 6.07) is 3.84. The molecular weight excluding hydrogens is 368 g/mol. The maximum absolute atomic E-state index is 13.2. The maximum atomic E-state index is 13.2. The Labute approximate surface area is 171 Å². The van der Waals surface area contributed by atoms with Gasteiger partial charge in [0.25, 0.3) is 0 Å². The van der Waals surface area contributed by atoms with Gasteiger partial charge in [-0.2, -0.15) is 0 Å². The minimum Gasteiger partial charge on any atom is -0.462 e. The number of ketones is 1. The number of pyridine rings is 1. The highest BCUT2D eigenvalue weighted by Gasteiger charge is 2.47. The molecule has 6 heteroatoms. The number of Topliss-reactive ketones (excluding diaryl/α,β-unsaturated/α-hetero) is 1. The lowest BCUT2D eigenvalue weighted by Gasteiger charge is -2.42. The van der Waals surface area contributed by atoms with Crippen molar-refractivity contribution in [1.82, 2.24) is 5.32 Å². The second kappa shape index (κ2) is 7.75. The molecule has 0 bridgehead atoms. The van der Waals surface area contributed by atoms with Gasteiger partial charge >= 0.3 is 5.97 Å². The van der Waals surface area contributed by atoms with Gasteiger partial charge in [0, 0.05) is 48.0 Å². The number of nitrogens with one attached hydrogen (secondary N) is 2. The molecular formula is C23H29N2O4+. The molecule has 1 saturated heterocycles. The Balaban J connectivity index is 1.68. The molecule has 1 aromatic heterocycles. The second-order valence-electron chi connectivity index (χ2n) is 9.04. The van der Waals surface area contributed by atoms with Crippen LogP contribution < -0.4 is 10.3 Å². The zero-order valence-electron chi connectivity index (χ0n) is 17.1. The number of carbonyl (C=O) groups is 2. The molecule has 3 aliphatic rings. The highest BCUT2D eigenvalue weighted by molar-refractivity contribution is 6.00. The Hall–Kier alpha value is -2.47. The normalized spacial score (nSPS) is 28.7. The van der Waals surface area contributed by atoms with Gasteiger partial charge in [0.05, 0.1) is 6.10 Å². The fourth-order valence-electron chi connectivity index (χ4n) is 4.73. The fraction of sp³-hybridized carbons (Fsp3) is 0.522. The number of aromatic nitrogens is 1. The molecule has 6 nitrogen and oxygen atoms in total. The number of H-pyrrole nitrogens is 1. The minimum absolute atomic E-state index is 0.0413. The molecule has 4 rings (SSSR count). The van der Waals surface area contributed by atoms with Crippen LogP contribution in [0.1, 0.15) is 51.0 Å². The van der Waals surface area contributed by atoms with Crippen molar-refractivity contribution in [3.8, 4) is 0 Å². The van der Waals surface area contributed by atoms with Crippen molar-refractivity contribution in [2.24, 2.45) is 11.3 Å². The summed E-state index contributed by atoms with van der Waals surface area (Å²) in [5.74, 6) is -1.32. The summed E-state index contributed by atoms with van der Waals surface area (Å²) in [7, 11) is 0. The van der Waals surface area contributed by atoms with Crippen molar-refractivity contribution < 1.29 is 24.0 Å². The number of ether oxygens (including phenoxy) is 2. The van der Waals surface area contributed by atoms with Gasteiger partial charge < -0.3 is 14.8 Å². The van der Waals surface area contributed by atoms with E-state index in [9.17, 15) is 9.59 Å². The quantitative estimate of drug-likeness (QED) is 0.791. The Morgan fingerprint density at radius 1 is 1.34 bits per heavy atom. The number of carbonyl (C=O) groups excluding carboxylic acids is 2. The van der Waals surface area contributed by atoms with E-state index < -0.39 is 11.8 Å². The number of aromatic amines is 1. The van der Waals surface area contributed by atoms with E-state index in [1.807, 2.05) is 24.5 Å². The predicted molar refractivity (Wildman–Crippen MR) is 106 cm³/mol. The van der Waals surface area contributed by atoms with Crippen LogP contribution in [0.5, 0.6) is 0 Å². The van der Waals surface area contributed by atoms with Gasteiger partial charge in [-0.25, -0.2) is 4.98 Å². The van der Waals surface area contributed by atoms with Crippen LogP contribution in [0, 0.1) is 11.3 Å². The van der Waals surface area contributed by atoms with Gasteiger partial charge in [-0.15, -0.1) is 0 Å². The van der Waals surface area contributed by atoms with Crippen molar-refractivity contribution in [3.05, 3.63) is 53.6 Å². The van der Waals surface area contributed by atoms with E-state index >= 15 is 0 Å². The van der Waals surface area contributed by atoms with E-state index in [0.717, 1.165) is 30.5 Å². The summed E-state index contributed by atoms with van der Waals surface area (Å²) in [6.45, 7) is 9.27. The van der Waals surface area contributed by atoms with Crippen molar-refractivity contribution in [1.29, 1.82) is 0 Å². The van der Waals surface area contributed by atoms with Crippen LogP contribution in [-0.4, -0.2) is 31.1 Å². The Kier molecular flexibility index (Phi) is 5.30. The molecule has 154 valence electrons. The number of hydrogen-bond acceptors (Lipinski definition) is 5. The Morgan fingerprint density at radius 2 is 2.10 bits per heavy atom. The first-order chi connectivity index (χ1) is 13.9. The lowest BCUT2D eigenvalue weighted by Crippen LogP contribution is -2.44. The number of esters is 1. The third-order valence-corrected chi connectivity index (χ3v) is 6.04. The Morgan fingerprint density at radius 3 is 2.79 bits per heavy atom. The van der Waals surface area contributed by atoms with Crippen LogP contribution >= 0.6 is 0 Å². The van der Waals surface area contributed by atoms with Crippen LogP contribution in [0.25, 0.3) is 0 Å². The topological polar surface area (TPSA) is 78.8 Å². The summed E-state index contributed by atoms with van der Waals surface area (Å²) in [5, 5.41) is 3.29. The van der Waals surface area contributed by atoms with Gasteiger partial charge in [0.2, 0.25) is 0 Å². The van der Waals surface area contributed by atoms with Gasteiger partial charge in [0.1, 0.15) is 12.5 Å². The van der Waals surface area contributed by atoms with E-state index in [1.165, 1.54) is 0 Å². The van der Waals surface area contributed by atoms with Gasteiger partial charge in [-0.05, 0) is 30.2 Å². The number of allylic oxidation sites excluding steroid dienone is 2. The standard InChI is InChI=1S/C23H28N2O4/c1-14-19(22(27)29-13-16-5-4-10-28-16)20(15-6-8-24-9-7-15)21-17(25-14)11-23(2,3)12-18(21)26/h6-9,16,19-20,25H,1,4-5,10-13H2,2-3H3/p+1. The van der Waals surface area contributed by atoms with Crippen LogP contribution in [0.15, 0.2) is 48.1 Å². The molecule has 3 atom stereocenters. The molecule has 0 aromatic carbocycles. The summed E-state index contributed by atoms with van der Waals surface area (Å²) >= 11 is 0. The van der Waals surface area contributed by atoms with E-state index in [1.54, 1.807) is 0 Å². The zero-order chi connectivity index (χ0) is 20.6. The average molecular weight is 397 g/mol. The van der Waals surface area contributed by atoms with E-state index in [0.29, 0.717) is 24.3 Å². The highest BCUT2D eigenvalue weighted by Crippen LogP contribution is 2.48. The molecule has 0 radical (unpaired) electrons. The lowest BCUT2D eigenvalue weighted by molar-refractivity contribution is -0.378. The minimum atomic E-state index is -0.650. The van der Waals surface area contributed by atoms with Crippen molar-refractivity contribution in [3.63, 3.8) is 0 Å². The van der Waals surface area contributed by atoms with Crippen LogP contribution in [0.3, 0.4) is 0 Å². The molecule has 1 fully saturated rings. The third-order valence-electron chi connectivity index (χ3n) is 6.04. The van der Waals surface area contributed by atoms with E-state index in [4.69, 9.17) is 9.47 Å². The molecule has 1 aromatic rings. The fourth-order valence-corrected chi connectivity index (χ4v) is 4.73. The van der Waals surface area contributed by atoms with Crippen molar-refractivity contribution in [2.45, 2.75) is 51.6 Å². The molecule has 0 spiro atoms. The highest BCUT2D eigenvalue weighted by atomic mass is 16.6. The van der Waals surface area contributed by atoms with Crippen molar-refractivity contribution >= 4 is 11.8 Å². The average Bonchev–Trinajstić information content (AvgIpc) is 3.18. The first-order valence-electron chi connectivity index (χ1n) is 10.3. The summed E-state index contributed by atoms with van der Waals surface area (Å²) in [6.07, 6.45) is 6.69. The molecule has 29 heavy (non-hydrogen) atoms. The molecule has 2 aliphatic heterocycles. The Bertz CT molecular complexity index is 853. The zero-order valence-corrected chi connectivity index (χ0v) is 17.1. The number of rotatable bonds is 4. The largest absolute Gasteiger partial charge is 0.462 e. The first-order valence-corrected chi connectivity index (χ1v) is 10.3. The molecule has 2 N–H and O–H groups in total. The molecule has 0 saturated carbocycles. The van der Waals surface area contributed by atoms with Crippen molar-refractivity contribution in [2.75, 3.05) is 13.2 Å². The SMILES string of the molecule is C=C1NC2=C(C(=O)CC(C)(C)C2)C(c2cc[nH+]cc2)C1C(=O)OCC1CCCO1. The molecule has 3 heterocycles. The van der Waals surface area contributed by atoms with Gasteiger partial charge in [0.15, 0.2) is 18.2 Å². The molecule has 3 unspecified atom stereocenters. The third kappa shape index (κ3) is 3.99. The molecule has 1 aliphatic carbocycles.